The van der Waals surface area contributed by atoms with Crippen molar-refractivity contribution in [3.8, 4) is 11.4 Å². The van der Waals surface area contributed by atoms with Crippen molar-refractivity contribution in [3.05, 3.63) is 70.2 Å². The van der Waals surface area contributed by atoms with Crippen LogP contribution in [0.25, 0.3) is 11.4 Å². The number of nitrogens with one attached hydrogen (secondary N) is 1. The van der Waals surface area contributed by atoms with Crippen molar-refractivity contribution in [2.75, 3.05) is 5.32 Å². The second kappa shape index (κ2) is 6.41. The van der Waals surface area contributed by atoms with Crippen LogP contribution in [0.2, 0.25) is 0 Å². The lowest BCUT2D eigenvalue weighted by atomic mass is 10.2. The third-order valence-corrected chi connectivity index (χ3v) is 3.49. The summed E-state index contributed by atoms with van der Waals surface area (Å²) in [5.74, 6) is 1.23. The first-order valence-corrected chi connectivity index (χ1v) is 7.31. The normalized spacial score (nSPS) is 10.4. The highest BCUT2D eigenvalue weighted by Gasteiger charge is 2.11. The monoisotopic (exact) mass is 321 g/mol. The van der Waals surface area contributed by atoms with Crippen molar-refractivity contribution >= 4 is 17.2 Å². The molecule has 0 fully saturated rings. The Morgan fingerprint density at radius 1 is 1.08 bits per heavy atom. The number of hydrogen-bond donors (Lipinski definition) is 1. The molecular formula is C17H15N5O2. The number of anilines is 2. The van der Waals surface area contributed by atoms with Crippen LogP contribution in [-0.2, 0) is 0 Å². The van der Waals surface area contributed by atoms with Gasteiger partial charge in [-0.2, -0.15) is 0 Å². The molecule has 0 unspecified atom stereocenters. The van der Waals surface area contributed by atoms with Crippen LogP contribution in [0.15, 0.2) is 48.8 Å². The second-order valence-electron chi connectivity index (χ2n) is 5.34. The molecule has 0 atom stereocenters. The average Bonchev–Trinajstić information content (AvgIpc) is 2.55. The SMILES string of the molecule is Cc1ccnc(-c2ccc(Nc3cc(C)c([N+](=O)[O-])cn3)cc2)n1. The maximum absolute atomic E-state index is 10.8. The van der Waals surface area contributed by atoms with E-state index in [1.807, 2.05) is 37.3 Å². The van der Waals surface area contributed by atoms with Gasteiger partial charge in [-0.3, -0.25) is 10.1 Å². The number of nitrogens with zero attached hydrogens (tertiary/aromatic N) is 4. The van der Waals surface area contributed by atoms with Crippen molar-refractivity contribution in [2.24, 2.45) is 0 Å². The molecule has 2 aromatic heterocycles. The van der Waals surface area contributed by atoms with E-state index in [1.165, 1.54) is 6.20 Å². The van der Waals surface area contributed by atoms with E-state index in [0.717, 1.165) is 16.9 Å². The summed E-state index contributed by atoms with van der Waals surface area (Å²) in [5, 5.41) is 13.9. The minimum absolute atomic E-state index is 0.00694. The van der Waals surface area contributed by atoms with Crippen molar-refractivity contribution in [3.63, 3.8) is 0 Å². The molecule has 0 aliphatic rings. The van der Waals surface area contributed by atoms with Gasteiger partial charge in [-0.05, 0) is 50.2 Å². The molecule has 0 saturated heterocycles. The molecule has 3 rings (SSSR count). The van der Waals surface area contributed by atoms with Crippen LogP contribution in [-0.4, -0.2) is 19.9 Å². The van der Waals surface area contributed by atoms with Gasteiger partial charge in [0.1, 0.15) is 12.0 Å². The molecule has 24 heavy (non-hydrogen) atoms. The Kier molecular flexibility index (Phi) is 4.15. The molecule has 2 heterocycles. The Morgan fingerprint density at radius 2 is 1.83 bits per heavy atom. The maximum Gasteiger partial charge on any atom is 0.290 e. The fourth-order valence-corrected chi connectivity index (χ4v) is 2.25. The second-order valence-corrected chi connectivity index (χ2v) is 5.34. The highest BCUT2D eigenvalue weighted by atomic mass is 16.6. The van der Waals surface area contributed by atoms with Gasteiger partial charge < -0.3 is 5.32 Å². The fraction of sp³-hybridized carbons (Fsp3) is 0.118. The van der Waals surface area contributed by atoms with Gasteiger partial charge in [-0.1, -0.05) is 0 Å². The molecule has 7 nitrogen and oxygen atoms in total. The Balaban J connectivity index is 1.79. The Bertz CT molecular complexity index is 894. The Labute approximate surface area is 138 Å². The molecule has 1 N–H and O–H groups in total. The average molecular weight is 321 g/mol. The van der Waals surface area contributed by atoms with Crippen molar-refractivity contribution in [2.45, 2.75) is 13.8 Å². The summed E-state index contributed by atoms with van der Waals surface area (Å²) in [7, 11) is 0. The van der Waals surface area contributed by atoms with E-state index in [0.29, 0.717) is 17.2 Å². The van der Waals surface area contributed by atoms with E-state index in [1.54, 1.807) is 19.2 Å². The van der Waals surface area contributed by atoms with Gasteiger partial charge in [0.25, 0.3) is 5.69 Å². The number of nitro groups is 1. The number of aromatic nitrogens is 3. The van der Waals surface area contributed by atoms with Crippen LogP contribution >= 0.6 is 0 Å². The van der Waals surface area contributed by atoms with Gasteiger partial charge in [0.15, 0.2) is 5.82 Å². The van der Waals surface area contributed by atoms with E-state index in [4.69, 9.17) is 0 Å². The van der Waals surface area contributed by atoms with Crippen LogP contribution in [0.5, 0.6) is 0 Å². The number of rotatable bonds is 4. The first-order valence-electron chi connectivity index (χ1n) is 7.31. The van der Waals surface area contributed by atoms with Gasteiger partial charge in [0.2, 0.25) is 0 Å². The molecular weight excluding hydrogens is 306 g/mol. The van der Waals surface area contributed by atoms with Crippen LogP contribution < -0.4 is 5.32 Å². The lowest BCUT2D eigenvalue weighted by Gasteiger charge is -2.07. The largest absolute Gasteiger partial charge is 0.340 e. The van der Waals surface area contributed by atoms with Crippen LogP contribution in [0, 0.1) is 24.0 Å². The fourth-order valence-electron chi connectivity index (χ4n) is 2.25. The van der Waals surface area contributed by atoms with E-state index in [9.17, 15) is 10.1 Å². The van der Waals surface area contributed by atoms with E-state index < -0.39 is 4.92 Å². The van der Waals surface area contributed by atoms with E-state index in [2.05, 4.69) is 20.3 Å². The standard InChI is InChI=1S/C17H15N5O2/c1-11-9-16(19-10-15(11)22(23)24)21-14-5-3-13(4-6-14)17-18-8-7-12(2)20-17/h3-10H,1-2H3,(H,19,21). The number of pyridine rings is 1. The third-order valence-electron chi connectivity index (χ3n) is 3.49. The first-order chi connectivity index (χ1) is 11.5. The number of benzene rings is 1. The summed E-state index contributed by atoms with van der Waals surface area (Å²) in [6.45, 7) is 3.60. The molecule has 1 aromatic carbocycles. The summed E-state index contributed by atoms with van der Waals surface area (Å²) in [6.07, 6.45) is 2.99. The molecule has 0 amide bonds. The van der Waals surface area contributed by atoms with Gasteiger partial charge in [0.05, 0.1) is 4.92 Å². The summed E-state index contributed by atoms with van der Waals surface area (Å²) in [6, 6.07) is 11.1. The zero-order valence-electron chi connectivity index (χ0n) is 13.2. The zero-order chi connectivity index (χ0) is 17.1. The van der Waals surface area contributed by atoms with Crippen LogP contribution in [0.4, 0.5) is 17.2 Å². The summed E-state index contributed by atoms with van der Waals surface area (Å²) in [5.41, 5.74) is 3.21. The molecule has 0 bridgehead atoms. The maximum atomic E-state index is 10.8. The van der Waals surface area contributed by atoms with Gasteiger partial charge in [0, 0.05) is 28.7 Å². The topological polar surface area (TPSA) is 93.8 Å². The zero-order valence-corrected chi connectivity index (χ0v) is 13.2. The van der Waals surface area contributed by atoms with Gasteiger partial charge >= 0.3 is 0 Å². The predicted octanol–water partition coefficient (Wildman–Crippen LogP) is 3.81. The van der Waals surface area contributed by atoms with Crippen LogP contribution in [0.1, 0.15) is 11.3 Å². The van der Waals surface area contributed by atoms with Crippen molar-refractivity contribution in [1.82, 2.24) is 15.0 Å². The van der Waals surface area contributed by atoms with Crippen molar-refractivity contribution < 1.29 is 4.92 Å². The highest BCUT2D eigenvalue weighted by molar-refractivity contribution is 5.64. The highest BCUT2D eigenvalue weighted by Crippen LogP contribution is 2.23. The Hall–Kier alpha value is -3.35. The smallest absolute Gasteiger partial charge is 0.290 e. The van der Waals surface area contributed by atoms with E-state index >= 15 is 0 Å². The predicted molar refractivity (Wildman–Crippen MR) is 91.1 cm³/mol. The molecule has 0 aliphatic carbocycles. The van der Waals surface area contributed by atoms with Crippen molar-refractivity contribution in [1.29, 1.82) is 0 Å². The number of hydrogen-bond acceptors (Lipinski definition) is 6. The van der Waals surface area contributed by atoms with Gasteiger partial charge in [-0.15, -0.1) is 0 Å². The van der Waals surface area contributed by atoms with Crippen LogP contribution in [0.3, 0.4) is 0 Å². The minimum Gasteiger partial charge on any atom is -0.340 e. The molecule has 120 valence electrons. The molecule has 0 radical (unpaired) electrons. The molecule has 0 aliphatic heterocycles. The molecule has 0 spiro atoms. The molecule has 0 saturated carbocycles. The summed E-state index contributed by atoms with van der Waals surface area (Å²) in [4.78, 5) is 23.1. The Morgan fingerprint density at radius 3 is 2.46 bits per heavy atom. The quantitative estimate of drug-likeness (QED) is 0.580. The summed E-state index contributed by atoms with van der Waals surface area (Å²) < 4.78 is 0. The van der Waals surface area contributed by atoms with E-state index in [-0.39, 0.29) is 5.69 Å². The molecule has 3 aromatic rings. The molecule has 7 heteroatoms. The first kappa shape index (κ1) is 15.5. The van der Waals surface area contributed by atoms with Gasteiger partial charge in [-0.25, -0.2) is 15.0 Å². The summed E-state index contributed by atoms with van der Waals surface area (Å²) >= 11 is 0. The minimum atomic E-state index is -0.442. The third kappa shape index (κ3) is 3.35. The number of aryl methyl sites for hydroxylation is 2. The lowest BCUT2D eigenvalue weighted by molar-refractivity contribution is -0.385. The lowest BCUT2D eigenvalue weighted by Crippen LogP contribution is -1.98.